The molecule has 1 atom stereocenters. The van der Waals surface area contributed by atoms with Crippen LogP contribution in [0.1, 0.15) is 81.8 Å². The first-order valence-corrected chi connectivity index (χ1v) is 10.3. The standard InChI is InChI=1S/C26H34O3/c1-15-11-18(12-16(2)21(15)28-10)26(9)20-14-17(24(3,4)5)13-19(25(6,7)8)22(20)29-23(26)27/h11-14H,1-10H3. The zero-order chi connectivity index (χ0) is 21.9. The van der Waals surface area contributed by atoms with Crippen molar-refractivity contribution in [3.63, 3.8) is 0 Å². The summed E-state index contributed by atoms with van der Waals surface area (Å²) < 4.78 is 11.5. The number of hydrogen-bond donors (Lipinski definition) is 0. The fourth-order valence-electron chi connectivity index (χ4n) is 4.24. The summed E-state index contributed by atoms with van der Waals surface area (Å²) >= 11 is 0. The van der Waals surface area contributed by atoms with Crippen LogP contribution in [0.25, 0.3) is 0 Å². The first-order valence-electron chi connectivity index (χ1n) is 10.3. The van der Waals surface area contributed by atoms with Crippen LogP contribution in [0.15, 0.2) is 24.3 Å². The van der Waals surface area contributed by atoms with E-state index in [2.05, 4.69) is 65.8 Å². The molecule has 0 saturated carbocycles. The van der Waals surface area contributed by atoms with Crippen LogP contribution in [-0.4, -0.2) is 13.1 Å². The van der Waals surface area contributed by atoms with Gasteiger partial charge in [-0.25, -0.2) is 0 Å². The van der Waals surface area contributed by atoms with Crippen LogP contribution in [0.4, 0.5) is 0 Å². The molecule has 0 aromatic heterocycles. The maximum atomic E-state index is 13.3. The third-order valence-electron chi connectivity index (χ3n) is 6.15. The molecule has 0 bridgehead atoms. The molecule has 29 heavy (non-hydrogen) atoms. The third-order valence-corrected chi connectivity index (χ3v) is 6.15. The molecular weight excluding hydrogens is 360 g/mol. The van der Waals surface area contributed by atoms with E-state index in [1.807, 2.05) is 20.8 Å². The maximum Gasteiger partial charge on any atom is 0.326 e. The van der Waals surface area contributed by atoms with Crippen molar-refractivity contribution in [2.75, 3.05) is 7.11 Å². The van der Waals surface area contributed by atoms with Gasteiger partial charge >= 0.3 is 5.97 Å². The molecule has 1 heterocycles. The number of benzene rings is 2. The summed E-state index contributed by atoms with van der Waals surface area (Å²) in [4.78, 5) is 13.3. The van der Waals surface area contributed by atoms with E-state index in [0.29, 0.717) is 0 Å². The molecule has 0 aliphatic carbocycles. The summed E-state index contributed by atoms with van der Waals surface area (Å²) in [5.74, 6) is 1.37. The summed E-state index contributed by atoms with van der Waals surface area (Å²) in [7, 11) is 1.68. The molecule has 3 nitrogen and oxygen atoms in total. The maximum absolute atomic E-state index is 13.3. The molecule has 0 fully saturated rings. The number of hydrogen-bond acceptors (Lipinski definition) is 3. The number of carbonyl (C=O) groups excluding carboxylic acids is 1. The van der Waals surface area contributed by atoms with Crippen LogP contribution in [-0.2, 0) is 21.0 Å². The van der Waals surface area contributed by atoms with Gasteiger partial charge in [0.1, 0.15) is 16.9 Å². The van der Waals surface area contributed by atoms with Crippen molar-refractivity contribution in [3.8, 4) is 11.5 Å². The van der Waals surface area contributed by atoms with E-state index in [0.717, 1.165) is 39.3 Å². The van der Waals surface area contributed by atoms with Gasteiger partial charge in [-0.2, -0.15) is 0 Å². The number of methoxy groups -OCH3 is 1. The Morgan fingerprint density at radius 1 is 0.897 bits per heavy atom. The molecule has 1 unspecified atom stereocenters. The van der Waals surface area contributed by atoms with E-state index in [1.54, 1.807) is 7.11 Å². The monoisotopic (exact) mass is 394 g/mol. The summed E-state index contributed by atoms with van der Waals surface area (Å²) in [6, 6.07) is 8.50. The van der Waals surface area contributed by atoms with E-state index >= 15 is 0 Å². The van der Waals surface area contributed by atoms with Gasteiger partial charge in [0.25, 0.3) is 0 Å². The number of carbonyl (C=O) groups is 1. The van der Waals surface area contributed by atoms with Crippen molar-refractivity contribution < 1.29 is 14.3 Å². The molecule has 1 aliphatic rings. The third kappa shape index (κ3) is 3.35. The van der Waals surface area contributed by atoms with Gasteiger partial charge in [-0.1, -0.05) is 65.8 Å². The topological polar surface area (TPSA) is 35.5 Å². The van der Waals surface area contributed by atoms with E-state index in [-0.39, 0.29) is 16.8 Å². The Morgan fingerprint density at radius 2 is 1.45 bits per heavy atom. The molecule has 2 aromatic rings. The van der Waals surface area contributed by atoms with Crippen LogP contribution < -0.4 is 9.47 Å². The molecule has 1 aliphatic heterocycles. The van der Waals surface area contributed by atoms with E-state index < -0.39 is 5.41 Å². The minimum atomic E-state index is -0.849. The Balaban J connectivity index is 2.35. The van der Waals surface area contributed by atoms with E-state index in [9.17, 15) is 4.79 Å². The fourth-order valence-corrected chi connectivity index (χ4v) is 4.24. The van der Waals surface area contributed by atoms with Crippen LogP contribution in [0, 0.1) is 13.8 Å². The van der Waals surface area contributed by atoms with Gasteiger partial charge < -0.3 is 9.47 Å². The Morgan fingerprint density at radius 3 is 1.90 bits per heavy atom. The second-order valence-electron chi connectivity index (χ2n) is 10.6. The Kier molecular flexibility index (Phi) is 4.89. The van der Waals surface area contributed by atoms with E-state index in [4.69, 9.17) is 9.47 Å². The Labute approximate surface area is 175 Å². The van der Waals surface area contributed by atoms with Crippen LogP contribution in [0.2, 0.25) is 0 Å². The van der Waals surface area contributed by atoms with Crippen molar-refractivity contribution >= 4 is 5.97 Å². The molecule has 0 amide bonds. The molecular formula is C26H34O3. The average molecular weight is 395 g/mol. The van der Waals surface area contributed by atoms with Gasteiger partial charge in [0, 0.05) is 11.1 Å². The molecule has 0 saturated heterocycles. The molecule has 3 heteroatoms. The highest BCUT2D eigenvalue weighted by molar-refractivity contribution is 5.95. The predicted octanol–water partition coefficient (Wildman–Crippen LogP) is 6.13. The number of ether oxygens (including phenoxy) is 2. The number of fused-ring (bicyclic) bond motifs is 1. The molecule has 0 radical (unpaired) electrons. The van der Waals surface area contributed by atoms with Crippen molar-refractivity contribution in [1.82, 2.24) is 0 Å². The van der Waals surface area contributed by atoms with Crippen LogP contribution >= 0.6 is 0 Å². The molecule has 3 rings (SSSR count). The van der Waals surface area contributed by atoms with Crippen LogP contribution in [0.5, 0.6) is 11.5 Å². The lowest BCUT2D eigenvalue weighted by Gasteiger charge is -2.29. The highest BCUT2D eigenvalue weighted by atomic mass is 16.5. The van der Waals surface area contributed by atoms with Crippen molar-refractivity contribution in [1.29, 1.82) is 0 Å². The van der Waals surface area contributed by atoms with Gasteiger partial charge in [-0.05, 0) is 53.9 Å². The van der Waals surface area contributed by atoms with Crippen LogP contribution in [0.3, 0.4) is 0 Å². The predicted molar refractivity (Wildman–Crippen MR) is 118 cm³/mol. The lowest BCUT2D eigenvalue weighted by molar-refractivity contribution is -0.136. The highest BCUT2D eigenvalue weighted by Gasteiger charge is 2.49. The summed E-state index contributed by atoms with van der Waals surface area (Å²) in [5, 5.41) is 0. The van der Waals surface area contributed by atoms with Gasteiger partial charge in [0.05, 0.1) is 7.11 Å². The van der Waals surface area contributed by atoms with Gasteiger partial charge in [-0.15, -0.1) is 0 Å². The second-order valence-corrected chi connectivity index (χ2v) is 10.6. The smallest absolute Gasteiger partial charge is 0.326 e. The summed E-state index contributed by atoms with van der Waals surface area (Å²) in [6.45, 7) is 19.1. The molecule has 0 spiro atoms. The van der Waals surface area contributed by atoms with Gasteiger partial charge in [-0.3, -0.25) is 4.79 Å². The summed E-state index contributed by atoms with van der Waals surface area (Å²) in [5.41, 5.74) is 5.23. The lowest BCUT2D eigenvalue weighted by atomic mass is 9.72. The normalized spacial score (nSPS) is 19.2. The quantitative estimate of drug-likeness (QED) is 0.454. The van der Waals surface area contributed by atoms with Crippen molar-refractivity contribution in [3.05, 3.63) is 57.6 Å². The fraction of sp³-hybridized carbons (Fsp3) is 0.500. The number of aryl methyl sites for hydroxylation is 2. The minimum Gasteiger partial charge on any atom is -0.496 e. The number of esters is 1. The largest absolute Gasteiger partial charge is 0.496 e. The minimum absolute atomic E-state index is 0.0344. The van der Waals surface area contributed by atoms with Crippen molar-refractivity contribution in [2.24, 2.45) is 0 Å². The van der Waals surface area contributed by atoms with Gasteiger partial charge in [0.2, 0.25) is 0 Å². The highest BCUT2D eigenvalue weighted by Crippen LogP contribution is 2.50. The zero-order valence-electron chi connectivity index (χ0n) is 19.5. The molecule has 2 aromatic carbocycles. The molecule has 0 N–H and O–H groups in total. The zero-order valence-corrected chi connectivity index (χ0v) is 19.5. The lowest BCUT2D eigenvalue weighted by Crippen LogP contribution is -2.32. The SMILES string of the molecule is COc1c(C)cc(C2(C)C(=O)Oc3c(C(C)(C)C)cc(C(C)(C)C)cc32)cc1C. The second kappa shape index (κ2) is 6.62. The Bertz CT molecular complexity index is 963. The number of rotatable bonds is 2. The van der Waals surface area contributed by atoms with Gasteiger partial charge in [0.15, 0.2) is 0 Å². The Hall–Kier alpha value is -2.29. The first kappa shape index (κ1) is 21.4. The average Bonchev–Trinajstić information content (AvgIpc) is 2.84. The summed E-state index contributed by atoms with van der Waals surface area (Å²) in [6.07, 6.45) is 0. The first-order chi connectivity index (χ1) is 13.2. The van der Waals surface area contributed by atoms with E-state index in [1.165, 1.54) is 5.56 Å². The molecule has 156 valence electrons. The van der Waals surface area contributed by atoms with Crippen molar-refractivity contribution in [2.45, 2.75) is 78.6 Å².